The van der Waals surface area contributed by atoms with Crippen molar-refractivity contribution in [2.45, 2.75) is 32.4 Å². The Balaban J connectivity index is 1.40. The van der Waals surface area contributed by atoms with Gasteiger partial charge in [0.25, 0.3) is 0 Å². The number of hydrogen-bond acceptors (Lipinski definition) is 8. The first-order chi connectivity index (χ1) is 16.0. The van der Waals surface area contributed by atoms with Crippen molar-refractivity contribution in [3.8, 4) is 16.2 Å². The van der Waals surface area contributed by atoms with Crippen LogP contribution in [0.15, 0.2) is 30.6 Å². The number of nitrogens with one attached hydrogen (secondary N) is 1. The van der Waals surface area contributed by atoms with Gasteiger partial charge in [0.15, 0.2) is 5.82 Å². The summed E-state index contributed by atoms with van der Waals surface area (Å²) in [7, 11) is 1.71. The first kappa shape index (κ1) is 22.1. The standard InChI is InChI=1S/C24H30N6O2S/c1-15-9-16-11-21(33-23(16)20(10-15)32-2)19-12-17(30-22(19)24(25)27-14-28-30)13-26-5-8-29-6-3-18(31)4-7-29/h9-12,14,18,26,31H,3-8,13H2,1-2H3,(H2,25,27,28). The minimum absolute atomic E-state index is 0.136. The highest BCUT2D eigenvalue weighted by Crippen LogP contribution is 2.42. The lowest BCUT2D eigenvalue weighted by Gasteiger charge is -2.29. The van der Waals surface area contributed by atoms with Gasteiger partial charge in [-0.25, -0.2) is 9.50 Å². The quantitative estimate of drug-likeness (QED) is 0.360. The Kier molecular flexibility index (Phi) is 6.20. The minimum atomic E-state index is -0.136. The Hall–Kier alpha value is -2.72. The molecular weight excluding hydrogens is 436 g/mol. The molecule has 33 heavy (non-hydrogen) atoms. The fourth-order valence-corrected chi connectivity index (χ4v) is 5.74. The van der Waals surface area contributed by atoms with Gasteiger partial charge in [0.1, 0.15) is 17.6 Å². The van der Waals surface area contributed by atoms with Gasteiger partial charge in [0.05, 0.1) is 23.6 Å². The normalized spacial score (nSPS) is 15.6. The number of hydrogen-bond donors (Lipinski definition) is 3. The van der Waals surface area contributed by atoms with Crippen LogP contribution in [0, 0.1) is 6.92 Å². The summed E-state index contributed by atoms with van der Waals surface area (Å²) < 4.78 is 8.65. The molecule has 0 atom stereocenters. The number of nitrogen functional groups attached to an aromatic ring is 1. The maximum atomic E-state index is 9.68. The molecule has 0 spiro atoms. The molecule has 4 aromatic rings. The second kappa shape index (κ2) is 9.26. The number of benzene rings is 1. The van der Waals surface area contributed by atoms with Crippen LogP contribution in [0.5, 0.6) is 5.75 Å². The van der Waals surface area contributed by atoms with Crippen molar-refractivity contribution < 1.29 is 9.84 Å². The lowest BCUT2D eigenvalue weighted by molar-refractivity contribution is 0.0830. The molecule has 4 N–H and O–H groups in total. The van der Waals surface area contributed by atoms with Crippen LogP contribution >= 0.6 is 11.3 Å². The second-order valence-corrected chi connectivity index (χ2v) is 9.75. The molecule has 0 radical (unpaired) electrons. The number of likely N-dealkylation sites (tertiary alicyclic amines) is 1. The molecule has 0 aliphatic carbocycles. The van der Waals surface area contributed by atoms with E-state index in [1.54, 1.807) is 18.4 Å². The van der Waals surface area contributed by atoms with Gasteiger partial charge >= 0.3 is 0 Å². The first-order valence-corrected chi connectivity index (χ1v) is 12.2. The van der Waals surface area contributed by atoms with Gasteiger partial charge in [-0.3, -0.25) is 0 Å². The van der Waals surface area contributed by atoms with Crippen LogP contribution < -0.4 is 15.8 Å². The predicted octanol–water partition coefficient (Wildman–Crippen LogP) is 3.06. The SMILES string of the molecule is COc1cc(C)cc2cc(-c3cc(CNCCN4CCC(O)CC4)n4ncnc(N)c34)sc12. The van der Waals surface area contributed by atoms with Crippen LogP contribution in [-0.4, -0.2) is 64.0 Å². The predicted molar refractivity (Wildman–Crippen MR) is 133 cm³/mol. The Morgan fingerprint density at radius 1 is 1.24 bits per heavy atom. The van der Waals surface area contributed by atoms with E-state index in [1.165, 1.54) is 11.9 Å². The number of piperidine rings is 1. The number of fused-ring (bicyclic) bond motifs is 2. The smallest absolute Gasteiger partial charge is 0.152 e. The van der Waals surface area contributed by atoms with Gasteiger partial charge in [0, 0.05) is 43.2 Å². The van der Waals surface area contributed by atoms with Gasteiger partial charge in [-0.1, -0.05) is 6.07 Å². The molecule has 1 fully saturated rings. The number of aromatic nitrogens is 3. The molecule has 0 amide bonds. The Labute approximate surface area is 197 Å². The average molecular weight is 467 g/mol. The van der Waals surface area contributed by atoms with Crippen LogP contribution in [-0.2, 0) is 6.54 Å². The van der Waals surface area contributed by atoms with Crippen LogP contribution in [0.25, 0.3) is 26.0 Å². The van der Waals surface area contributed by atoms with Gasteiger partial charge in [-0.15, -0.1) is 11.3 Å². The van der Waals surface area contributed by atoms with E-state index in [0.29, 0.717) is 12.4 Å². The van der Waals surface area contributed by atoms with E-state index in [0.717, 1.165) is 76.5 Å². The van der Waals surface area contributed by atoms with Crippen molar-refractivity contribution in [3.05, 3.63) is 41.9 Å². The van der Waals surface area contributed by atoms with E-state index >= 15 is 0 Å². The second-order valence-electron chi connectivity index (χ2n) is 8.70. The molecule has 8 nitrogen and oxygen atoms in total. The number of nitrogens with two attached hydrogens (primary N) is 1. The van der Waals surface area contributed by atoms with Crippen molar-refractivity contribution in [1.82, 2.24) is 24.8 Å². The van der Waals surface area contributed by atoms with E-state index in [2.05, 4.69) is 51.5 Å². The maximum Gasteiger partial charge on any atom is 0.152 e. The van der Waals surface area contributed by atoms with E-state index in [4.69, 9.17) is 10.5 Å². The number of aryl methyl sites for hydroxylation is 1. The molecule has 1 aliphatic heterocycles. The molecule has 9 heteroatoms. The topological polar surface area (TPSA) is 101 Å². The number of nitrogens with zero attached hydrogens (tertiary/aromatic N) is 4. The van der Waals surface area contributed by atoms with E-state index in [-0.39, 0.29) is 6.10 Å². The minimum Gasteiger partial charge on any atom is -0.495 e. The molecule has 3 aromatic heterocycles. The van der Waals surface area contributed by atoms with Crippen LogP contribution in [0.1, 0.15) is 24.1 Å². The number of rotatable bonds is 7. The zero-order valence-corrected chi connectivity index (χ0v) is 19.9. The molecule has 5 rings (SSSR count). The van der Waals surface area contributed by atoms with Crippen molar-refractivity contribution in [2.24, 2.45) is 0 Å². The number of thiophene rings is 1. The van der Waals surface area contributed by atoms with Gasteiger partial charge in [0.2, 0.25) is 0 Å². The highest BCUT2D eigenvalue weighted by Gasteiger charge is 2.19. The van der Waals surface area contributed by atoms with Gasteiger partial charge in [-0.05, 0) is 48.9 Å². The first-order valence-electron chi connectivity index (χ1n) is 11.3. The highest BCUT2D eigenvalue weighted by molar-refractivity contribution is 7.22. The summed E-state index contributed by atoms with van der Waals surface area (Å²) in [6.07, 6.45) is 3.10. The summed E-state index contributed by atoms with van der Waals surface area (Å²) in [5.74, 6) is 1.36. The fraction of sp³-hybridized carbons (Fsp3) is 0.417. The van der Waals surface area contributed by atoms with E-state index in [1.807, 2.05) is 4.52 Å². The lowest BCUT2D eigenvalue weighted by Crippen LogP contribution is -2.39. The summed E-state index contributed by atoms with van der Waals surface area (Å²) in [6.45, 7) is 6.52. The molecule has 1 aromatic carbocycles. The number of anilines is 1. The monoisotopic (exact) mass is 466 g/mol. The molecule has 0 saturated carbocycles. The zero-order valence-electron chi connectivity index (χ0n) is 19.0. The Bertz CT molecular complexity index is 1280. The van der Waals surface area contributed by atoms with E-state index < -0.39 is 0 Å². The van der Waals surface area contributed by atoms with Crippen molar-refractivity contribution in [3.63, 3.8) is 0 Å². The third kappa shape index (κ3) is 4.41. The van der Waals surface area contributed by atoms with Crippen molar-refractivity contribution in [1.29, 1.82) is 0 Å². The summed E-state index contributed by atoms with van der Waals surface area (Å²) in [5, 5.41) is 18.9. The summed E-state index contributed by atoms with van der Waals surface area (Å²) in [5.41, 5.74) is 10.4. The van der Waals surface area contributed by atoms with Gasteiger partial charge in [-0.2, -0.15) is 5.10 Å². The number of ether oxygens (including phenoxy) is 1. The molecule has 4 heterocycles. The number of aliphatic hydroxyl groups excluding tert-OH is 1. The molecule has 0 bridgehead atoms. The maximum absolute atomic E-state index is 9.68. The van der Waals surface area contributed by atoms with Gasteiger partial charge < -0.3 is 25.8 Å². The third-order valence-electron chi connectivity index (χ3n) is 6.34. The molecule has 1 saturated heterocycles. The highest BCUT2D eigenvalue weighted by atomic mass is 32.1. The average Bonchev–Trinajstić information content (AvgIpc) is 3.39. The van der Waals surface area contributed by atoms with Crippen molar-refractivity contribution in [2.75, 3.05) is 39.0 Å². The van der Waals surface area contributed by atoms with Crippen LogP contribution in [0.3, 0.4) is 0 Å². The lowest BCUT2D eigenvalue weighted by atomic mass is 10.1. The van der Waals surface area contributed by atoms with Crippen molar-refractivity contribution >= 4 is 32.8 Å². The summed E-state index contributed by atoms with van der Waals surface area (Å²) >= 11 is 1.70. The summed E-state index contributed by atoms with van der Waals surface area (Å²) in [6, 6.07) is 8.60. The molecular formula is C24H30N6O2S. The van der Waals surface area contributed by atoms with Crippen LogP contribution in [0.2, 0.25) is 0 Å². The molecule has 174 valence electrons. The van der Waals surface area contributed by atoms with Crippen LogP contribution in [0.4, 0.5) is 5.82 Å². The third-order valence-corrected chi connectivity index (χ3v) is 7.54. The largest absolute Gasteiger partial charge is 0.495 e. The Morgan fingerprint density at radius 3 is 2.85 bits per heavy atom. The summed E-state index contributed by atoms with van der Waals surface area (Å²) in [4.78, 5) is 7.76. The van der Waals surface area contributed by atoms with E-state index in [9.17, 15) is 5.11 Å². The molecule has 0 unspecified atom stereocenters. The fourth-order valence-electron chi connectivity index (χ4n) is 4.59. The number of methoxy groups -OCH3 is 1. The molecule has 1 aliphatic rings. The zero-order chi connectivity index (χ0) is 22.9. The Morgan fingerprint density at radius 2 is 2.06 bits per heavy atom. The number of aliphatic hydroxyl groups is 1.